The highest BCUT2D eigenvalue weighted by molar-refractivity contribution is 6.33. The van der Waals surface area contributed by atoms with Gasteiger partial charge in [0.25, 0.3) is 5.89 Å². The van der Waals surface area contributed by atoms with Gasteiger partial charge in [-0.15, -0.1) is 0 Å². The van der Waals surface area contributed by atoms with Gasteiger partial charge < -0.3 is 19.9 Å². The molecule has 2 N–H and O–H groups in total. The van der Waals surface area contributed by atoms with Crippen molar-refractivity contribution in [3.63, 3.8) is 0 Å². The minimum atomic E-state index is -0.631. The van der Waals surface area contributed by atoms with E-state index in [0.29, 0.717) is 17.9 Å². The highest BCUT2D eigenvalue weighted by Gasteiger charge is 2.25. The SMILES string of the molecule is Cc1cc(-c2nc(-c3cc(F)c(O[C@@H]4CNC(=O)C4)cc3Cl)no2)cc(NC(C)C)n1. The lowest BCUT2D eigenvalue weighted by atomic mass is 10.2. The van der Waals surface area contributed by atoms with Crippen LogP contribution in [0.4, 0.5) is 10.2 Å². The van der Waals surface area contributed by atoms with Gasteiger partial charge in [0.2, 0.25) is 11.7 Å². The Morgan fingerprint density at radius 1 is 1.29 bits per heavy atom. The number of benzene rings is 1. The number of nitrogens with one attached hydrogen (secondary N) is 2. The predicted molar refractivity (Wildman–Crippen MR) is 113 cm³/mol. The average Bonchev–Trinajstić information content (AvgIpc) is 3.33. The van der Waals surface area contributed by atoms with Crippen molar-refractivity contribution in [2.45, 2.75) is 39.3 Å². The summed E-state index contributed by atoms with van der Waals surface area (Å²) < 4.78 is 25.6. The third-order valence-electron chi connectivity index (χ3n) is 4.56. The fraction of sp³-hybridized carbons (Fsp3) is 0.333. The minimum absolute atomic E-state index is 0.0341. The second-order valence-corrected chi connectivity index (χ2v) is 8.02. The molecule has 8 nitrogen and oxygen atoms in total. The van der Waals surface area contributed by atoms with Crippen molar-refractivity contribution in [2.24, 2.45) is 0 Å². The molecule has 3 aromatic rings. The molecule has 162 valence electrons. The summed E-state index contributed by atoms with van der Waals surface area (Å²) in [5.41, 5.74) is 1.74. The molecule has 0 bridgehead atoms. The molecule has 1 aromatic carbocycles. The number of aryl methyl sites for hydroxylation is 1. The molecule has 4 rings (SSSR count). The van der Waals surface area contributed by atoms with Gasteiger partial charge in [-0.1, -0.05) is 16.8 Å². The lowest BCUT2D eigenvalue weighted by Gasteiger charge is -2.13. The fourth-order valence-electron chi connectivity index (χ4n) is 3.24. The van der Waals surface area contributed by atoms with Crippen LogP contribution in [0.1, 0.15) is 26.0 Å². The molecule has 0 aliphatic carbocycles. The summed E-state index contributed by atoms with van der Waals surface area (Å²) in [6.45, 7) is 6.22. The molecule has 1 saturated heterocycles. The van der Waals surface area contributed by atoms with Crippen LogP contribution in [-0.4, -0.2) is 39.7 Å². The molecule has 3 heterocycles. The van der Waals surface area contributed by atoms with Crippen LogP contribution >= 0.6 is 11.6 Å². The zero-order valence-corrected chi connectivity index (χ0v) is 18.0. The van der Waals surface area contributed by atoms with Crippen molar-refractivity contribution in [1.29, 1.82) is 0 Å². The highest BCUT2D eigenvalue weighted by atomic mass is 35.5. The Morgan fingerprint density at radius 3 is 2.81 bits per heavy atom. The largest absolute Gasteiger partial charge is 0.485 e. The van der Waals surface area contributed by atoms with Crippen molar-refractivity contribution < 1.29 is 18.4 Å². The molecule has 1 atom stereocenters. The number of hydrogen-bond donors (Lipinski definition) is 2. The number of rotatable bonds is 6. The molecule has 31 heavy (non-hydrogen) atoms. The zero-order valence-electron chi connectivity index (χ0n) is 17.2. The van der Waals surface area contributed by atoms with Crippen molar-refractivity contribution in [2.75, 3.05) is 11.9 Å². The first-order valence-electron chi connectivity index (χ1n) is 9.80. The molecule has 0 radical (unpaired) electrons. The van der Waals surface area contributed by atoms with Gasteiger partial charge in [-0.05, 0) is 39.0 Å². The Morgan fingerprint density at radius 2 is 2.10 bits per heavy atom. The maximum Gasteiger partial charge on any atom is 0.258 e. The number of carbonyl (C=O) groups excluding carboxylic acids is 1. The normalized spacial score (nSPS) is 15.9. The lowest BCUT2D eigenvalue weighted by molar-refractivity contribution is -0.119. The summed E-state index contributed by atoms with van der Waals surface area (Å²) in [6, 6.07) is 6.38. The zero-order chi connectivity index (χ0) is 22.1. The second kappa shape index (κ2) is 8.50. The van der Waals surface area contributed by atoms with Gasteiger partial charge >= 0.3 is 0 Å². The molecular weight excluding hydrogens is 425 g/mol. The Balaban J connectivity index is 1.60. The fourth-order valence-corrected chi connectivity index (χ4v) is 3.48. The maximum absolute atomic E-state index is 14.6. The first-order valence-corrected chi connectivity index (χ1v) is 10.2. The Hall–Kier alpha value is -3.20. The van der Waals surface area contributed by atoms with E-state index in [1.165, 1.54) is 12.1 Å². The van der Waals surface area contributed by atoms with E-state index in [0.717, 1.165) is 5.69 Å². The second-order valence-electron chi connectivity index (χ2n) is 7.62. The number of amides is 1. The number of pyridine rings is 1. The first-order chi connectivity index (χ1) is 14.8. The molecule has 1 aliphatic heterocycles. The summed E-state index contributed by atoms with van der Waals surface area (Å²) in [5.74, 6) is 0.304. The summed E-state index contributed by atoms with van der Waals surface area (Å²) in [7, 11) is 0. The van der Waals surface area contributed by atoms with E-state index in [1.807, 2.05) is 26.8 Å². The third-order valence-corrected chi connectivity index (χ3v) is 4.87. The van der Waals surface area contributed by atoms with E-state index in [-0.39, 0.29) is 46.4 Å². The molecule has 0 unspecified atom stereocenters. The van der Waals surface area contributed by atoms with Crippen molar-refractivity contribution in [3.8, 4) is 28.6 Å². The number of hydrogen-bond acceptors (Lipinski definition) is 7. The Kier molecular flexibility index (Phi) is 5.77. The standard InChI is InChI=1S/C21H21ClFN5O3/c1-10(2)25-18-5-12(4-11(3)26-18)21-27-20(28-31-21)14-7-16(23)17(8-15(14)22)30-13-6-19(29)24-9-13/h4-5,7-8,10,13H,6,9H2,1-3H3,(H,24,29)(H,25,26)/t13-/m0/s1. The van der Waals surface area contributed by atoms with E-state index in [4.69, 9.17) is 20.9 Å². The van der Waals surface area contributed by atoms with Gasteiger partial charge in [0, 0.05) is 28.9 Å². The number of nitrogens with zero attached hydrogens (tertiary/aromatic N) is 3. The van der Waals surface area contributed by atoms with E-state index in [2.05, 4.69) is 25.8 Å². The molecule has 1 aliphatic rings. The van der Waals surface area contributed by atoms with Crippen molar-refractivity contribution in [1.82, 2.24) is 20.4 Å². The number of anilines is 1. The van der Waals surface area contributed by atoms with E-state index < -0.39 is 11.9 Å². The molecule has 10 heteroatoms. The van der Waals surface area contributed by atoms with E-state index >= 15 is 0 Å². The predicted octanol–water partition coefficient (Wildman–Crippen LogP) is 3.99. The van der Waals surface area contributed by atoms with Gasteiger partial charge in [-0.25, -0.2) is 9.37 Å². The van der Waals surface area contributed by atoms with Gasteiger partial charge in [0.15, 0.2) is 11.6 Å². The average molecular weight is 446 g/mol. The molecule has 1 amide bonds. The third kappa shape index (κ3) is 4.77. The number of aromatic nitrogens is 3. The monoisotopic (exact) mass is 445 g/mol. The van der Waals surface area contributed by atoms with Gasteiger partial charge in [0.1, 0.15) is 11.9 Å². The number of ether oxygens (including phenoxy) is 1. The number of carbonyl (C=O) groups is 1. The van der Waals surface area contributed by atoms with Crippen LogP contribution in [0.5, 0.6) is 5.75 Å². The van der Waals surface area contributed by atoms with Gasteiger partial charge in [0.05, 0.1) is 18.0 Å². The van der Waals surface area contributed by atoms with Crippen LogP contribution < -0.4 is 15.4 Å². The smallest absolute Gasteiger partial charge is 0.258 e. The first kappa shape index (κ1) is 21.0. The highest BCUT2D eigenvalue weighted by Crippen LogP contribution is 2.34. The van der Waals surface area contributed by atoms with Crippen LogP contribution in [0, 0.1) is 12.7 Å². The van der Waals surface area contributed by atoms with Crippen molar-refractivity contribution in [3.05, 3.63) is 40.8 Å². The molecule has 2 aromatic heterocycles. The van der Waals surface area contributed by atoms with E-state index in [9.17, 15) is 9.18 Å². The van der Waals surface area contributed by atoms with Crippen LogP contribution in [0.25, 0.3) is 22.8 Å². The number of halogens is 2. The Bertz CT molecular complexity index is 1130. The summed E-state index contributed by atoms with van der Waals surface area (Å²) in [6.07, 6.45) is -0.268. The van der Waals surface area contributed by atoms with Crippen LogP contribution in [0.15, 0.2) is 28.8 Å². The van der Waals surface area contributed by atoms with Crippen molar-refractivity contribution >= 4 is 23.3 Å². The maximum atomic E-state index is 14.6. The van der Waals surface area contributed by atoms with E-state index in [1.54, 1.807) is 6.07 Å². The van der Waals surface area contributed by atoms with Crippen LogP contribution in [0.3, 0.4) is 0 Å². The Labute approximate surface area is 183 Å². The van der Waals surface area contributed by atoms with Crippen LogP contribution in [-0.2, 0) is 4.79 Å². The molecular formula is C21H21ClFN5O3. The van der Waals surface area contributed by atoms with Gasteiger partial charge in [-0.2, -0.15) is 4.98 Å². The van der Waals surface area contributed by atoms with Crippen LogP contribution in [0.2, 0.25) is 5.02 Å². The minimum Gasteiger partial charge on any atom is -0.485 e. The van der Waals surface area contributed by atoms with Gasteiger partial charge in [-0.3, -0.25) is 4.79 Å². The molecule has 1 fully saturated rings. The topological polar surface area (TPSA) is 102 Å². The lowest BCUT2D eigenvalue weighted by Crippen LogP contribution is -2.20. The summed E-state index contributed by atoms with van der Waals surface area (Å²) in [5, 5.41) is 10.0. The summed E-state index contributed by atoms with van der Waals surface area (Å²) >= 11 is 6.34. The summed E-state index contributed by atoms with van der Waals surface area (Å²) in [4.78, 5) is 20.1. The quantitative estimate of drug-likeness (QED) is 0.591. The molecule has 0 saturated carbocycles. The molecule has 0 spiro atoms.